The Kier molecular flexibility index (Phi) is 8.04. The summed E-state index contributed by atoms with van der Waals surface area (Å²) in [5.74, 6) is 1.55. The Morgan fingerprint density at radius 2 is 1.69 bits per heavy atom. The third kappa shape index (κ3) is 9.17. The van der Waals surface area contributed by atoms with Gasteiger partial charge in [0.25, 0.3) is 0 Å². The van der Waals surface area contributed by atoms with E-state index in [0.29, 0.717) is 0 Å². The van der Waals surface area contributed by atoms with E-state index in [9.17, 15) is 0 Å². The van der Waals surface area contributed by atoms with E-state index in [0.717, 1.165) is 25.0 Å². The zero-order valence-electron chi connectivity index (χ0n) is 12.1. The zero-order chi connectivity index (χ0) is 12.6. The van der Waals surface area contributed by atoms with Crippen LogP contribution in [-0.2, 0) is 4.74 Å². The van der Waals surface area contributed by atoms with Crippen molar-refractivity contribution in [1.82, 2.24) is 5.32 Å². The molecule has 0 rings (SSSR count). The van der Waals surface area contributed by atoms with Gasteiger partial charge in [0.1, 0.15) is 0 Å². The van der Waals surface area contributed by atoms with Gasteiger partial charge in [0, 0.05) is 19.3 Å². The van der Waals surface area contributed by atoms with Crippen LogP contribution in [0.2, 0.25) is 0 Å². The summed E-state index contributed by atoms with van der Waals surface area (Å²) in [7, 11) is 1.78. The van der Waals surface area contributed by atoms with E-state index in [1.807, 2.05) is 0 Å². The highest BCUT2D eigenvalue weighted by Crippen LogP contribution is 2.18. The van der Waals surface area contributed by atoms with Gasteiger partial charge in [-0.05, 0) is 45.6 Å². The summed E-state index contributed by atoms with van der Waals surface area (Å²) in [5, 5.41) is 3.58. The highest BCUT2D eigenvalue weighted by molar-refractivity contribution is 4.73. The molecule has 0 bridgehead atoms. The number of hydrogen-bond donors (Lipinski definition) is 1. The Bertz CT molecular complexity index is 163. The van der Waals surface area contributed by atoms with Gasteiger partial charge >= 0.3 is 0 Å². The minimum Gasteiger partial charge on any atom is -0.385 e. The lowest BCUT2D eigenvalue weighted by Gasteiger charge is -2.26. The highest BCUT2D eigenvalue weighted by Gasteiger charge is 2.15. The largest absolute Gasteiger partial charge is 0.385 e. The van der Waals surface area contributed by atoms with Crippen LogP contribution in [-0.4, -0.2) is 25.8 Å². The lowest BCUT2D eigenvalue weighted by molar-refractivity contribution is 0.188. The maximum absolute atomic E-state index is 5.06. The summed E-state index contributed by atoms with van der Waals surface area (Å²) in [5.41, 5.74) is 0.240. The number of rotatable bonds is 8. The Labute approximate surface area is 102 Å². The number of methoxy groups -OCH3 is 1. The van der Waals surface area contributed by atoms with Crippen molar-refractivity contribution in [3.05, 3.63) is 0 Å². The average molecular weight is 229 g/mol. The molecule has 2 heteroatoms. The molecule has 2 atom stereocenters. The molecule has 0 aliphatic heterocycles. The molecule has 0 aromatic carbocycles. The van der Waals surface area contributed by atoms with Gasteiger partial charge < -0.3 is 10.1 Å². The van der Waals surface area contributed by atoms with Crippen molar-refractivity contribution >= 4 is 0 Å². The summed E-state index contributed by atoms with van der Waals surface area (Å²) in [4.78, 5) is 0. The first-order valence-corrected chi connectivity index (χ1v) is 6.61. The normalized spacial score (nSPS) is 16.1. The fraction of sp³-hybridized carbons (Fsp3) is 1.00. The topological polar surface area (TPSA) is 21.3 Å². The lowest BCUT2D eigenvalue weighted by atomic mass is 9.90. The molecule has 0 aromatic rings. The van der Waals surface area contributed by atoms with Crippen LogP contribution in [0, 0.1) is 11.8 Å². The Balaban J connectivity index is 3.61. The number of unbranched alkanes of at least 4 members (excludes halogenated alkanes) is 1. The molecule has 98 valence electrons. The first kappa shape index (κ1) is 15.9. The number of hydrogen-bond acceptors (Lipinski definition) is 2. The molecular weight excluding hydrogens is 198 g/mol. The monoisotopic (exact) mass is 229 g/mol. The molecule has 0 aliphatic carbocycles. The quantitative estimate of drug-likeness (QED) is 0.644. The highest BCUT2D eigenvalue weighted by atomic mass is 16.5. The number of ether oxygens (including phenoxy) is 1. The summed E-state index contributed by atoms with van der Waals surface area (Å²) in [6, 6.07) is 0. The van der Waals surface area contributed by atoms with Crippen molar-refractivity contribution in [3.8, 4) is 0 Å². The van der Waals surface area contributed by atoms with E-state index in [1.54, 1.807) is 7.11 Å². The van der Waals surface area contributed by atoms with Crippen LogP contribution in [0.3, 0.4) is 0 Å². The summed E-state index contributed by atoms with van der Waals surface area (Å²) >= 11 is 0. The van der Waals surface area contributed by atoms with Crippen molar-refractivity contribution in [2.75, 3.05) is 20.3 Å². The summed E-state index contributed by atoms with van der Waals surface area (Å²) < 4.78 is 5.06. The average Bonchev–Trinajstić information content (AvgIpc) is 2.19. The molecule has 0 saturated heterocycles. The predicted molar refractivity (Wildman–Crippen MR) is 71.8 cm³/mol. The molecule has 0 heterocycles. The van der Waals surface area contributed by atoms with E-state index < -0.39 is 0 Å². The van der Waals surface area contributed by atoms with Gasteiger partial charge in [-0.3, -0.25) is 0 Å². The third-order valence-electron chi connectivity index (χ3n) is 3.18. The lowest BCUT2D eigenvalue weighted by Crippen LogP contribution is -2.39. The SMILES string of the molecule is COCCCCC(C)C(C)CNC(C)(C)C. The minimum absolute atomic E-state index is 0.240. The second-order valence-corrected chi connectivity index (χ2v) is 6.07. The van der Waals surface area contributed by atoms with E-state index in [2.05, 4.69) is 39.9 Å². The first-order chi connectivity index (χ1) is 7.37. The van der Waals surface area contributed by atoms with Gasteiger partial charge in [-0.1, -0.05) is 26.7 Å². The fourth-order valence-electron chi connectivity index (χ4n) is 1.67. The predicted octanol–water partition coefficient (Wildman–Crippen LogP) is 3.46. The van der Waals surface area contributed by atoms with Gasteiger partial charge in [0.15, 0.2) is 0 Å². The standard InChI is InChI=1S/C14H31NO/c1-12(9-7-8-10-16-6)13(2)11-15-14(3,4)5/h12-13,15H,7-11H2,1-6H3. The van der Waals surface area contributed by atoms with Gasteiger partial charge in [-0.25, -0.2) is 0 Å². The molecule has 0 spiro atoms. The maximum atomic E-state index is 5.06. The van der Waals surface area contributed by atoms with Gasteiger partial charge in [-0.2, -0.15) is 0 Å². The van der Waals surface area contributed by atoms with Crippen molar-refractivity contribution in [3.63, 3.8) is 0 Å². The van der Waals surface area contributed by atoms with E-state index >= 15 is 0 Å². The van der Waals surface area contributed by atoms with E-state index in [-0.39, 0.29) is 5.54 Å². The Morgan fingerprint density at radius 3 is 2.19 bits per heavy atom. The van der Waals surface area contributed by atoms with Crippen LogP contribution < -0.4 is 5.32 Å². The van der Waals surface area contributed by atoms with Crippen LogP contribution in [0.15, 0.2) is 0 Å². The Morgan fingerprint density at radius 1 is 1.06 bits per heavy atom. The molecule has 0 radical (unpaired) electrons. The second kappa shape index (κ2) is 8.08. The molecule has 1 N–H and O–H groups in total. The second-order valence-electron chi connectivity index (χ2n) is 6.07. The molecule has 16 heavy (non-hydrogen) atoms. The van der Waals surface area contributed by atoms with Crippen molar-refractivity contribution in [2.24, 2.45) is 11.8 Å². The van der Waals surface area contributed by atoms with E-state index in [4.69, 9.17) is 4.74 Å². The molecule has 0 aromatic heterocycles. The molecule has 2 nitrogen and oxygen atoms in total. The van der Waals surface area contributed by atoms with Gasteiger partial charge in [0.05, 0.1) is 0 Å². The smallest absolute Gasteiger partial charge is 0.0462 e. The van der Waals surface area contributed by atoms with Crippen LogP contribution in [0.25, 0.3) is 0 Å². The van der Waals surface area contributed by atoms with Crippen LogP contribution >= 0.6 is 0 Å². The zero-order valence-corrected chi connectivity index (χ0v) is 12.1. The van der Waals surface area contributed by atoms with Crippen LogP contribution in [0.5, 0.6) is 0 Å². The molecule has 0 amide bonds. The van der Waals surface area contributed by atoms with E-state index in [1.165, 1.54) is 19.3 Å². The number of nitrogens with one attached hydrogen (secondary N) is 1. The van der Waals surface area contributed by atoms with Crippen LogP contribution in [0.1, 0.15) is 53.9 Å². The molecule has 0 saturated carbocycles. The maximum Gasteiger partial charge on any atom is 0.0462 e. The molecular formula is C14H31NO. The van der Waals surface area contributed by atoms with Crippen molar-refractivity contribution < 1.29 is 4.74 Å². The molecule has 0 aliphatic rings. The fourth-order valence-corrected chi connectivity index (χ4v) is 1.67. The molecule has 0 fully saturated rings. The third-order valence-corrected chi connectivity index (χ3v) is 3.18. The Hall–Kier alpha value is -0.0800. The van der Waals surface area contributed by atoms with Crippen molar-refractivity contribution in [2.45, 2.75) is 59.4 Å². The molecule has 2 unspecified atom stereocenters. The van der Waals surface area contributed by atoms with Crippen molar-refractivity contribution in [1.29, 1.82) is 0 Å². The minimum atomic E-state index is 0.240. The van der Waals surface area contributed by atoms with Gasteiger partial charge in [0.2, 0.25) is 0 Å². The summed E-state index contributed by atoms with van der Waals surface area (Å²) in [6.07, 6.45) is 3.80. The van der Waals surface area contributed by atoms with Crippen LogP contribution in [0.4, 0.5) is 0 Å². The summed E-state index contributed by atoms with van der Waals surface area (Å²) in [6.45, 7) is 13.4. The van der Waals surface area contributed by atoms with Gasteiger partial charge in [-0.15, -0.1) is 0 Å². The first-order valence-electron chi connectivity index (χ1n) is 6.61.